The number of rotatable bonds is 3. The van der Waals surface area contributed by atoms with E-state index < -0.39 is 0 Å². The van der Waals surface area contributed by atoms with Gasteiger partial charge in [-0.15, -0.1) is 0 Å². The zero-order chi connectivity index (χ0) is 17.2. The molecule has 0 atom stereocenters. The fourth-order valence-electron chi connectivity index (χ4n) is 2.63. The molecule has 0 fully saturated rings. The monoisotopic (exact) mass is 331 g/mol. The minimum absolute atomic E-state index is 0.171. The third-order valence-corrected chi connectivity index (χ3v) is 3.87. The van der Waals surface area contributed by atoms with Gasteiger partial charge >= 0.3 is 0 Å². The summed E-state index contributed by atoms with van der Waals surface area (Å²) in [5.74, 6) is -0.352. The third-order valence-electron chi connectivity index (χ3n) is 3.87. The van der Waals surface area contributed by atoms with Crippen LogP contribution in [0.1, 0.15) is 16.2 Å². The quantitative estimate of drug-likeness (QED) is 0.596. The Balaban J connectivity index is 1.59. The van der Waals surface area contributed by atoms with E-state index in [9.17, 15) is 9.59 Å². The number of hydrogen-bond donors (Lipinski definition) is 2. The van der Waals surface area contributed by atoms with Gasteiger partial charge in [0.05, 0.1) is 34.9 Å². The van der Waals surface area contributed by atoms with Crippen molar-refractivity contribution >= 4 is 27.7 Å². The molecule has 1 amide bonds. The molecule has 2 aromatic heterocycles. The zero-order valence-electron chi connectivity index (χ0n) is 13.1. The van der Waals surface area contributed by atoms with E-state index >= 15 is 0 Å². The number of para-hydroxylation sites is 2. The normalized spacial score (nSPS) is 10.9. The fraction of sp³-hybridized carbons (Fsp3) is 0.0556. The molecule has 2 heterocycles. The molecule has 7 nitrogen and oxygen atoms in total. The molecular formula is C18H13N5O2. The summed E-state index contributed by atoms with van der Waals surface area (Å²) in [6.45, 7) is 0.171. The Morgan fingerprint density at radius 3 is 2.56 bits per heavy atom. The Kier molecular flexibility index (Phi) is 3.66. The van der Waals surface area contributed by atoms with E-state index in [-0.39, 0.29) is 23.7 Å². The van der Waals surface area contributed by atoms with Crippen LogP contribution >= 0.6 is 0 Å². The summed E-state index contributed by atoms with van der Waals surface area (Å²) in [6, 6.07) is 14.5. The number of aromatic amines is 1. The maximum Gasteiger partial charge on any atom is 0.272 e. The predicted octanol–water partition coefficient (Wildman–Crippen LogP) is 1.80. The lowest BCUT2D eigenvalue weighted by Gasteiger charge is -2.07. The van der Waals surface area contributed by atoms with Crippen LogP contribution in [-0.4, -0.2) is 26.1 Å². The Morgan fingerprint density at radius 2 is 1.72 bits per heavy atom. The summed E-state index contributed by atoms with van der Waals surface area (Å²) < 4.78 is 0. The molecule has 0 aliphatic rings. The highest BCUT2D eigenvalue weighted by atomic mass is 16.2. The summed E-state index contributed by atoms with van der Waals surface area (Å²) in [6.07, 6.45) is 1.44. The molecule has 0 unspecified atom stereocenters. The van der Waals surface area contributed by atoms with Gasteiger partial charge in [0.25, 0.3) is 11.5 Å². The molecule has 0 aliphatic heterocycles. The van der Waals surface area contributed by atoms with Gasteiger partial charge in [-0.1, -0.05) is 30.3 Å². The van der Waals surface area contributed by atoms with Crippen LogP contribution in [0.25, 0.3) is 21.8 Å². The highest BCUT2D eigenvalue weighted by Crippen LogP contribution is 2.12. The largest absolute Gasteiger partial charge is 0.345 e. The van der Waals surface area contributed by atoms with Crippen molar-refractivity contribution in [3.8, 4) is 0 Å². The molecule has 0 bridgehead atoms. The van der Waals surface area contributed by atoms with Crippen LogP contribution in [0.4, 0.5) is 0 Å². The van der Waals surface area contributed by atoms with Crippen LogP contribution in [0.2, 0.25) is 0 Å². The van der Waals surface area contributed by atoms with Gasteiger partial charge < -0.3 is 5.32 Å². The maximum absolute atomic E-state index is 12.4. The second-order valence-corrected chi connectivity index (χ2v) is 5.47. The first-order chi connectivity index (χ1) is 12.2. The van der Waals surface area contributed by atoms with E-state index in [4.69, 9.17) is 0 Å². The molecule has 2 N–H and O–H groups in total. The van der Waals surface area contributed by atoms with E-state index in [2.05, 4.69) is 25.5 Å². The van der Waals surface area contributed by atoms with Gasteiger partial charge in [-0.25, -0.2) is 10.1 Å². The van der Waals surface area contributed by atoms with Crippen LogP contribution in [0.3, 0.4) is 0 Å². The summed E-state index contributed by atoms with van der Waals surface area (Å²) in [7, 11) is 0. The van der Waals surface area contributed by atoms with Crippen molar-refractivity contribution in [3.63, 3.8) is 0 Å². The van der Waals surface area contributed by atoms with Crippen LogP contribution < -0.4 is 10.9 Å². The molecule has 0 saturated carbocycles. The van der Waals surface area contributed by atoms with Gasteiger partial charge in [-0.05, 0) is 18.2 Å². The minimum atomic E-state index is -0.352. The van der Waals surface area contributed by atoms with E-state index in [0.717, 1.165) is 5.52 Å². The van der Waals surface area contributed by atoms with Crippen molar-refractivity contribution in [2.75, 3.05) is 0 Å². The molecule has 0 radical (unpaired) electrons. The summed E-state index contributed by atoms with van der Waals surface area (Å²) >= 11 is 0. The predicted molar refractivity (Wildman–Crippen MR) is 93.1 cm³/mol. The number of nitrogens with one attached hydrogen (secondary N) is 2. The molecular weight excluding hydrogens is 318 g/mol. The number of hydrogen-bond acceptors (Lipinski definition) is 5. The molecule has 7 heteroatoms. The SMILES string of the molecule is O=C(NCc1n[nH]c(=O)c2ccccc12)c1cnc2ccccc2n1. The second kappa shape index (κ2) is 6.12. The molecule has 0 saturated heterocycles. The van der Waals surface area contributed by atoms with Gasteiger partial charge in [0.15, 0.2) is 0 Å². The van der Waals surface area contributed by atoms with E-state index in [1.54, 1.807) is 24.3 Å². The Bertz CT molecular complexity index is 1150. The number of carbonyl (C=O) groups excluding carboxylic acids is 1. The van der Waals surface area contributed by atoms with Gasteiger partial charge in [0.2, 0.25) is 0 Å². The fourth-order valence-corrected chi connectivity index (χ4v) is 2.63. The van der Waals surface area contributed by atoms with E-state index in [1.807, 2.05) is 24.3 Å². The summed E-state index contributed by atoms with van der Waals surface area (Å²) in [4.78, 5) is 32.7. The first kappa shape index (κ1) is 14.9. The molecule has 0 aliphatic carbocycles. The molecule has 4 aromatic rings. The van der Waals surface area contributed by atoms with Gasteiger partial charge in [0.1, 0.15) is 5.69 Å². The highest BCUT2D eigenvalue weighted by Gasteiger charge is 2.11. The number of H-pyrrole nitrogens is 1. The van der Waals surface area contributed by atoms with Crippen molar-refractivity contribution < 1.29 is 4.79 Å². The summed E-state index contributed by atoms with van der Waals surface area (Å²) in [5.41, 5.74) is 1.94. The van der Waals surface area contributed by atoms with Gasteiger partial charge in [-0.3, -0.25) is 14.6 Å². The smallest absolute Gasteiger partial charge is 0.272 e. The summed E-state index contributed by atoms with van der Waals surface area (Å²) in [5, 5.41) is 10.5. The number of aromatic nitrogens is 4. The van der Waals surface area contributed by atoms with Crippen LogP contribution in [0.15, 0.2) is 59.5 Å². The highest BCUT2D eigenvalue weighted by molar-refractivity contribution is 5.94. The Labute approximate surface area is 141 Å². The van der Waals surface area contributed by atoms with E-state index in [0.29, 0.717) is 22.0 Å². The number of amides is 1. The molecule has 2 aromatic carbocycles. The lowest BCUT2D eigenvalue weighted by atomic mass is 10.1. The standard InChI is InChI=1S/C18H13N5O2/c24-17-12-6-2-1-5-11(12)15(22-23-17)9-20-18(25)16-10-19-13-7-3-4-8-14(13)21-16/h1-8,10H,9H2,(H,20,25)(H,23,24). The third kappa shape index (κ3) is 2.83. The van der Waals surface area contributed by atoms with E-state index in [1.165, 1.54) is 6.20 Å². The van der Waals surface area contributed by atoms with Crippen LogP contribution in [0, 0.1) is 0 Å². The molecule has 122 valence electrons. The molecule has 4 rings (SSSR count). The van der Waals surface area contributed by atoms with Crippen LogP contribution in [0.5, 0.6) is 0 Å². The van der Waals surface area contributed by atoms with Crippen molar-refractivity contribution in [2.45, 2.75) is 6.54 Å². The van der Waals surface area contributed by atoms with Crippen molar-refractivity contribution in [3.05, 3.63) is 76.5 Å². The number of fused-ring (bicyclic) bond motifs is 2. The topological polar surface area (TPSA) is 101 Å². The number of benzene rings is 2. The molecule has 0 spiro atoms. The first-order valence-corrected chi connectivity index (χ1v) is 7.68. The lowest BCUT2D eigenvalue weighted by molar-refractivity contribution is 0.0945. The van der Waals surface area contributed by atoms with Crippen molar-refractivity contribution in [1.29, 1.82) is 0 Å². The van der Waals surface area contributed by atoms with Crippen molar-refractivity contribution in [1.82, 2.24) is 25.5 Å². The number of carbonyl (C=O) groups is 1. The average molecular weight is 331 g/mol. The molecule has 25 heavy (non-hydrogen) atoms. The van der Waals surface area contributed by atoms with Crippen LogP contribution in [-0.2, 0) is 6.54 Å². The van der Waals surface area contributed by atoms with Gasteiger partial charge in [-0.2, -0.15) is 5.10 Å². The van der Waals surface area contributed by atoms with Crippen molar-refractivity contribution in [2.24, 2.45) is 0 Å². The zero-order valence-corrected chi connectivity index (χ0v) is 13.1. The Morgan fingerprint density at radius 1 is 1.00 bits per heavy atom. The number of nitrogens with zero attached hydrogens (tertiary/aromatic N) is 3. The lowest BCUT2D eigenvalue weighted by Crippen LogP contribution is -2.25. The van der Waals surface area contributed by atoms with Gasteiger partial charge in [0, 0.05) is 5.39 Å². The second-order valence-electron chi connectivity index (χ2n) is 5.47. The minimum Gasteiger partial charge on any atom is -0.345 e. The Hall–Kier alpha value is -3.61. The first-order valence-electron chi connectivity index (χ1n) is 7.68. The maximum atomic E-state index is 12.4. The average Bonchev–Trinajstić information content (AvgIpc) is 2.67.